The van der Waals surface area contributed by atoms with Crippen LogP contribution in [0.4, 0.5) is 0 Å². The summed E-state index contributed by atoms with van der Waals surface area (Å²) in [7, 11) is 0. The van der Waals surface area contributed by atoms with Crippen LogP contribution in [-0.4, -0.2) is 32.1 Å². The molecule has 0 amide bonds. The van der Waals surface area contributed by atoms with Crippen LogP contribution in [0, 0.1) is 0 Å². The summed E-state index contributed by atoms with van der Waals surface area (Å²) in [5.41, 5.74) is 7.66. The first-order valence-corrected chi connectivity index (χ1v) is 7.01. The number of hydrogen-bond acceptors (Lipinski definition) is 4. The van der Waals surface area contributed by atoms with Gasteiger partial charge in [0.15, 0.2) is 11.5 Å². The normalized spacial score (nSPS) is 20.7. The van der Waals surface area contributed by atoms with Crippen molar-refractivity contribution in [2.24, 2.45) is 5.73 Å². The molecule has 3 rings (SSSR count). The van der Waals surface area contributed by atoms with Crippen LogP contribution in [-0.2, 0) is 6.54 Å². The van der Waals surface area contributed by atoms with Crippen LogP contribution in [0.15, 0.2) is 18.2 Å². The van der Waals surface area contributed by atoms with Gasteiger partial charge in [0.25, 0.3) is 0 Å². The molecule has 1 atom stereocenters. The van der Waals surface area contributed by atoms with E-state index in [1.807, 2.05) is 22.7 Å². The average Bonchev–Trinajstić information content (AvgIpc) is 3.03. The summed E-state index contributed by atoms with van der Waals surface area (Å²) in [6, 6.07) is 6.87. The van der Waals surface area contributed by atoms with Crippen LogP contribution in [0.25, 0.3) is 5.65 Å². The van der Waals surface area contributed by atoms with Crippen molar-refractivity contribution in [2.45, 2.75) is 45.3 Å². The second kappa shape index (κ2) is 4.90. The van der Waals surface area contributed by atoms with Crippen molar-refractivity contribution in [3.05, 3.63) is 29.7 Å². The molecule has 0 spiro atoms. The number of aromatic nitrogens is 3. The van der Waals surface area contributed by atoms with Gasteiger partial charge in [-0.25, -0.2) is 9.50 Å². The average molecular weight is 259 g/mol. The zero-order chi connectivity index (χ0) is 13.4. The molecular weight excluding hydrogens is 238 g/mol. The highest BCUT2D eigenvalue weighted by Gasteiger charge is 2.30. The van der Waals surface area contributed by atoms with E-state index in [-0.39, 0.29) is 0 Å². The van der Waals surface area contributed by atoms with E-state index < -0.39 is 0 Å². The number of hydrogen-bond donors (Lipinski definition) is 1. The molecule has 3 heterocycles. The van der Waals surface area contributed by atoms with Crippen LogP contribution >= 0.6 is 0 Å². The smallest absolute Gasteiger partial charge is 0.168 e. The molecule has 5 nitrogen and oxygen atoms in total. The quantitative estimate of drug-likeness (QED) is 0.912. The van der Waals surface area contributed by atoms with Crippen molar-refractivity contribution in [2.75, 3.05) is 6.54 Å². The Labute approximate surface area is 113 Å². The van der Waals surface area contributed by atoms with Gasteiger partial charge in [0.2, 0.25) is 0 Å². The van der Waals surface area contributed by atoms with Crippen molar-refractivity contribution in [1.82, 2.24) is 19.5 Å². The highest BCUT2D eigenvalue weighted by molar-refractivity contribution is 5.39. The van der Waals surface area contributed by atoms with Crippen LogP contribution in [0.5, 0.6) is 0 Å². The molecular formula is C14H21N5. The second-order valence-electron chi connectivity index (χ2n) is 5.45. The van der Waals surface area contributed by atoms with E-state index in [9.17, 15) is 0 Å². The van der Waals surface area contributed by atoms with Gasteiger partial charge in [-0.15, -0.1) is 5.10 Å². The SMILES string of the molecule is CC(C)N1CCCC1c1nc2cccc(CN)n2n1. The monoisotopic (exact) mass is 259 g/mol. The minimum atomic E-state index is 0.352. The molecule has 2 aromatic rings. The lowest BCUT2D eigenvalue weighted by Gasteiger charge is -2.26. The zero-order valence-corrected chi connectivity index (χ0v) is 11.6. The number of rotatable bonds is 3. The molecule has 0 radical (unpaired) electrons. The van der Waals surface area contributed by atoms with Gasteiger partial charge in [-0.2, -0.15) is 0 Å². The standard InChI is InChI=1S/C14H21N5/c1-10(2)18-8-4-6-12(18)14-16-13-7-3-5-11(9-15)19(13)17-14/h3,5,7,10,12H,4,6,8-9,15H2,1-2H3. The molecule has 0 aliphatic carbocycles. The fraction of sp³-hybridized carbons (Fsp3) is 0.571. The summed E-state index contributed by atoms with van der Waals surface area (Å²) >= 11 is 0. The predicted octanol–water partition coefficient (Wildman–Crippen LogP) is 1.73. The largest absolute Gasteiger partial charge is 0.325 e. The molecule has 2 N–H and O–H groups in total. The maximum absolute atomic E-state index is 5.76. The van der Waals surface area contributed by atoms with Crippen molar-refractivity contribution in [3.8, 4) is 0 Å². The summed E-state index contributed by atoms with van der Waals surface area (Å²) in [5.74, 6) is 0.937. The Morgan fingerprint density at radius 2 is 2.26 bits per heavy atom. The van der Waals surface area contributed by atoms with Gasteiger partial charge >= 0.3 is 0 Å². The molecule has 0 saturated carbocycles. The van der Waals surface area contributed by atoms with E-state index in [0.717, 1.165) is 30.1 Å². The number of pyridine rings is 1. The zero-order valence-electron chi connectivity index (χ0n) is 11.6. The van der Waals surface area contributed by atoms with Gasteiger partial charge < -0.3 is 5.73 Å². The minimum Gasteiger partial charge on any atom is -0.325 e. The summed E-state index contributed by atoms with van der Waals surface area (Å²) < 4.78 is 1.88. The van der Waals surface area contributed by atoms with Crippen LogP contribution in [0.1, 0.15) is 44.2 Å². The third kappa shape index (κ3) is 2.13. The molecule has 2 aromatic heterocycles. The molecule has 0 bridgehead atoms. The van der Waals surface area contributed by atoms with Crippen molar-refractivity contribution in [1.29, 1.82) is 0 Å². The van der Waals surface area contributed by atoms with Gasteiger partial charge in [0.1, 0.15) is 0 Å². The molecule has 19 heavy (non-hydrogen) atoms. The molecule has 1 saturated heterocycles. The molecule has 5 heteroatoms. The number of likely N-dealkylation sites (tertiary alicyclic amines) is 1. The van der Waals surface area contributed by atoms with Gasteiger partial charge in [0, 0.05) is 12.6 Å². The van der Waals surface area contributed by atoms with Crippen molar-refractivity contribution >= 4 is 5.65 Å². The highest BCUT2D eigenvalue weighted by atomic mass is 15.3. The number of nitrogens with zero attached hydrogens (tertiary/aromatic N) is 4. The second-order valence-corrected chi connectivity index (χ2v) is 5.45. The van der Waals surface area contributed by atoms with Crippen molar-refractivity contribution < 1.29 is 0 Å². The molecule has 1 aliphatic heterocycles. The first-order chi connectivity index (χ1) is 9.20. The van der Waals surface area contributed by atoms with Gasteiger partial charge in [-0.05, 0) is 45.4 Å². The van der Waals surface area contributed by atoms with Gasteiger partial charge in [-0.1, -0.05) is 6.07 Å². The van der Waals surface area contributed by atoms with Crippen molar-refractivity contribution in [3.63, 3.8) is 0 Å². The summed E-state index contributed by atoms with van der Waals surface area (Å²) in [4.78, 5) is 7.17. The maximum Gasteiger partial charge on any atom is 0.168 e. The molecule has 102 valence electrons. The Morgan fingerprint density at radius 1 is 1.42 bits per heavy atom. The maximum atomic E-state index is 5.76. The molecule has 1 unspecified atom stereocenters. The Morgan fingerprint density at radius 3 is 3.00 bits per heavy atom. The Kier molecular flexibility index (Phi) is 3.24. The van der Waals surface area contributed by atoms with E-state index in [1.54, 1.807) is 0 Å². The third-order valence-corrected chi connectivity index (χ3v) is 3.92. The Balaban J connectivity index is 2.01. The van der Waals surface area contributed by atoms with E-state index in [0.29, 0.717) is 18.6 Å². The lowest BCUT2D eigenvalue weighted by atomic mass is 10.2. The van der Waals surface area contributed by atoms with E-state index in [2.05, 4.69) is 23.8 Å². The third-order valence-electron chi connectivity index (χ3n) is 3.92. The fourth-order valence-corrected chi connectivity index (χ4v) is 2.96. The minimum absolute atomic E-state index is 0.352. The predicted molar refractivity (Wildman–Crippen MR) is 74.7 cm³/mol. The van der Waals surface area contributed by atoms with Crippen LogP contribution in [0.3, 0.4) is 0 Å². The molecule has 1 aliphatic rings. The molecule has 0 aromatic carbocycles. The van der Waals surface area contributed by atoms with Crippen LogP contribution < -0.4 is 5.73 Å². The summed E-state index contributed by atoms with van der Waals surface area (Å²) in [6.45, 7) is 6.10. The van der Waals surface area contributed by atoms with Crippen LogP contribution in [0.2, 0.25) is 0 Å². The number of nitrogens with two attached hydrogens (primary N) is 1. The highest BCUT2D eigenvalue weighted by Crippen LogP contribution is 2.31. The Bertz CT molecular complexity index is 574. The lowest BCUT2D eigenvalue weighted by Crippen LogP contribution is -2.30. The first-order valence-electron chi connectivity index (χ1n) is 7.01. The topological polar surface area (TPSA) is 59.5 Å². The van der Waals surface area contributed by atoms with E-state index in [1.165, 1.54) is 6.42 Å². The summed E-state index contributed by atoms with van der Waals surface area (Å²) in [5, 5.41) is 4.68. The number of fused-ring (bicyclic) bond motifs is 1. The molecule has 1 fully saturated rings. The fourth-order valence-electron chi connectivity index (χ4n) is 2.96. The van der Waals surface area contributed by atoms with Gasteiger partial charge in [-0.3, -0.25) is 4.90 Å². The first kappa shape index (κ1) is 12.6. The van der Waals surface area contributed by atoms with Gasteiger partial charge in [0.05, 0.1) is 11.7 Å². The van der Waals surface area contributed by atoms with E-state index >= 15 is 0 Å². The Hall–Kier alpha value is -1.46. The lowest BCUT2D eigenvalue weighted by molar-refractivity contribution is 0.198. The van der Waals surface area contributed by atoms with E-state index in [4.69, 9.17) is 10.7 Å². The summed E-state index contributed by atoms with van der Waals surface area (Å²) in [6.07, 6.45) is 2.37.